The largest absolute Gasteiger partial charge is 0.379 e. The molecule has 0 aliphatic carbocycles. The zero-order valence-corrected chi connectivity index (χ0v) is 11.8. The normalized spacial score (nSPS) is 12.4. The molecule has 2 heteroatoms. The van der Waals surface area contributed by atoms with E-state index >= 15 is 0 Å². The SMILES string of the molecule is CCCCOC(C)(C)CCCCOC(C)C. The molecule has 2 nitrogen and oxygen atoms in total. The Labute approximate surface area is 102 Å². The molecule has 0 aromatic carbocycles. The van der Waals surface area contributed by atoms with Gasteiger partial charge in [0.25, 0.3) is 0 Å². The zero-order chi connectivity index (χ0) is 12.4. The van der Waals surface area contributed by atoms with E-state index in [0.717, 1.165) is 26.1 Å². The van der Waals surface area contributed by atoms with Gasteiger partial charge in [-0.25, -0.2) is 0 Å². The lowest BCUT2D eigenvalue weighted by molar-refractivity contribution is -0.0277. The average molecular weight is 230 g/mol. The van der Waals surface area contributed by atoms with E-state index in [1.807, 2.05) is 0 Å². The van der Waals surface area contributed by atoms with Crippen LogP contribution in [0.4, 0.5) is 0 Å². The summed E-state index contributed by atoms with van der Waals surface area (Å²) in [5.74, 6) is 0. The molecular formula is C14H30O2. The lowest BCUT2D eigenvalue weighted by Gasteiger charge is -2.25. The maximum atomic E-state index is 5.86. The van der Waals surface area contributed by atoms with Crippen LogP contribution < -0.4 is 0 Å². The van der Waals surface area contributed by atoms with Crippen LogP contribution in [0.15, 0.2) is 0 Å². The molecule has 0 N–H and O–H groups in total. The van der Waals surface area contributed by atoms with E-state index in [0.29, 0.717) is 6.10 Å². The summed E-state index contributed by atoms with van der Waals surface area (Å²) >= 11 is 0. The molecule has 0 fully saturated rings. The van der Waals surface area contributed by atoms with Crippen molar-refractivity contribution in [2.75, 3.05) is 13.2 Å². The van der Waals surface area contributed by atoms with Crippen LogP contribution in [0.3, 0.4) is 0 Å². The highest BCUT2D eigenvalue weighted by Crippen LogP contribution is 2.18. The van der Waals surface area contributed by atoms with Crippen molar-refractivity contribution in [2.45, 2.75) is 78.4 Å². The summed E-state index contributed by atoms with van der Waals surface area (Å²) in [6.45, 7) is 12.5. The van der Waals surface area contributed by atoms with E-state index < -0.39 is 0 Å². The third kappa shape index (κ3) is 10.4. The minimum absolute atomic E-state index is 0.0347. The number of hydrogen-bond donors (Lipinski definition) is 0. The Kier molecular flexibility index (Phi) is 8.96. The van der Waals surface area contributed by atoms with Gasteiger partial charge in [0, 0.05) is 13.2 Å². The molecule has 0 heterocycles. The Morgan fingerprint density at radius 1 is 1.00 bits per heavy atom. The molecule has 0 unspecified atom stereocenters. The smallest absolute Gasteiger partial charge is 0.0626 e. The molecule has 0 aliphatic rings. The van der Waals surface area contributed by atoms with Crippen LogP contribution in [0.5, 0.6) is 0 Å². The molecule has 16 heavy (non-hydrogen) atoms. The van der Waals surface area contributed by atoms with Crippen LogP contribution in [0.1, 0.15) is 66.7 Å². The van der Waals surface area contributed by atoms with Gasteiger partial charge in [-0.1, -0.05) is 13.3 Å². The van der Waals surface area contributed by atoms with E-state index in [1.54, 1.807) is 0 Å². The number of ether oxygens (including phenoxy) is 2. The summed E-state index contributed by atoms with van der Waals surface area (Å²) in [7, 11) is 0. The zero-order valence-electron chi connectivity index (χ0n) is 11.8. The van der Waals surface area contributed by atoms with Gasteiger partial charge in [0.05, 0.1) is 11.7 Å². The summed E-state index contributed by atoms with van der Waals surface area (Å²) < 4.78 is 11.4. The topological polar surface area (TPSA) is 18.5 Å². The molecule has 0 atom stereocenters. The van der Waals surface area contributed by atoms with E-state index in [-0.39, 0.29) is 5.60 Å². The van der Waals surface area contributed by atoms with E-state index in [4.69, 9.17) is 9.47 Å². The van der Waals surface area contributed by atoms with Gasteiger partial charge in [-0.05, 0) is 53.4 Å². The number of hydrogen-bond acceptors (Lipinski definition) is 2. The molecule has 0 bridgehead atoms. The lowest BCUT2D eigenvalue weighted by atomic mass is 10.0. The van der Waals surface area contributed by atoms with Gasteiger partial charge in [-0.2, -0.15) is 0 Å². The van der Waals surface area contributed by atoms with Crippen LogP contribution >= 0.6 is 0 Å². The van der Waals surface area contributed by atoms with Crippen LogP contribution in [0.25, 0.3) is 0 Å². The van der Waals surface area contributed by atoms with Crippen molar-refractivity contribution < 1.29 is 9.47 Å². The van der Waals surface area contributed by atoms with E-state index in [1.165, 1.54) is 19.3 Å². The summed E-state index contributed by atoms with van der Waals surface area (Å²) in [5.41, 5.74) is 0.0347. The molecule has 0 spiro atoms. The monoisotopic (exact) mass is 230 g/mol. The average Bonchev–Trinajstić information content (AvgIpc) is 2.16. The predicted octanol–water partition coefficient (Wildman–Crippen LogP) is 4.18. The minimum Gasteiger partial charge on any atom is -0.379 e. The summed E-state index contributed by atoms with van der Waals surface area (Å²) in [5, 5.41) is 0. The summed E-state index contributed by atoms with van der Waals surface area (Å²) in [6.07, 6.45) is 6.18. The molecule has 0 saturated heterocycles. The molecule has 0 saturated carbocycles. The van der Waals surface area contributed by atoms with Crippen molar-refractivity contribution in [2.24, 2.45) is 0 Å². The van der Waals surface area contributed by atoms with E-state index in [9.17, 15) is 0 Å². The maximum absolute atomic E-state index is 5.86. The Balaban J connectivity index is 3.42. The van der Waals surface area contributed by atoms with Gasteiger partial charge >= 0.3 is 0 Å². The molecule has 0 rings (SSSR count). The highest BCUT2D eigenvalue weighted by Gasteiger charge is 2.17. The Hall–Kier alpha value is -0.0800. The highest BCUT2D eigenvalue weighted by molar-refractivity contribution is 4.68. The predicted molar refractivity (Wildman–Crippen MR) is 69.9 cm³/mol. The van der Waals surface area contributed by atoms with Crippen molar-refractivity contribution in [1.29, 1.82) is 0 Å². The molecule has 0 amide bonds. The molecule has 0 aromatic heterocycles. The molecule has 0 aliphatic heterocycles. The Bertz CT molecular complexity index is 153. The molecule has 0 aromatic rings. The third-order valence-electron chi connectivity index (χ3n) is 2.62. The first kappa shape index (κ1) is 15.9. The minimum atomic E-state index is 0.0347. The van der Waals surface area contributed by atoms with Crippen molar-refractivity contribution in [3.63, 3.8) is 0 Å². The maximum Gasteiger partial charge on any atom is 0.0626 e. The Morgan fingerprint density at radius 2 is 1.69 bits per heavy atom. The van der Waals surface area contributed by atoms with Crippen LogP contribution in [-0.2, 0) is 9.47 Å². The van der Waals surface area contributed by atoms with Crippen LogP contribution in [-0.4, -0.2) is 24.9 Å². The fourth-order valence-corrected chi connectivity index (χ4v) is 1.54. The molecule has 98 valence electrons. The van der Waals surface area contributed by atoms with Gasteiger partial charge in [-0.15, -0.1) is 0 Å². The van der Waals surface area contributed by atoms with Crippen molar-refractivity contribution in [3.05, 3.63) is 0 Å². The second-order valence-electron chi connectivity index (χ2n) is 5.34. The fourth-order valence-electron chi connectivity index (χ4n) is 1.54. The lowest BCUT2D eigenvalue weighted by Crippen LogP contribution is -2.25. The van der Waals surface area contributed by atoms with Gasteiger partial charge in [-0.3, -0.25) is 0 Å². The van der Waals surface area contributed by atoms with Crippen molar-refractivity contribution >= 4 is 0 Å². The quantitative estimate of drug-likeness (QED) is 0.524. The molecule has 0 radical (unpaired) electrons. The second-order valence-corrected chi connectivity index (χ2v) is 5.34. The summed E-state index contributed by atoms with van der Waals surface area (Å²) in [6, 6.07) is 0. The summed E-state index contributed by atoms with van der Waals surface area (Å²) in [4.78, 5) is 0. The van der Waals surface area contributed by atoms with Crippen LogP contribution in [0.2, 0.25) is 0 Å². The van der Waals surface area contributed by atoms with Crippen LogP contribution in [0, 0.1) is 0 Å². The third-order valence-corrected chi connectivity index (χ3v) is 2.62. The Morgan fingerprint density at radius 3 is 2.25 bits per heavy atom. The first-order valence-electron chi connectivity index (χ1n) is 6.73. The van der Waals surface area contributed by atoms with Gasteiger partial charge in [0.2, 0.25) is 0 Å². The number of unbranched alkanes of at least 4 members (excludes halogenated alkanes) is 2. The second kappa shape index (κ2) is 9.00. The number of rotatable bonds is 10. The molecular weight excluding hydrogens is 200 g/mol. The first-order chi connectivity index (χ1) is 7.48. The fraction of sp³-hybridized carbons (Fsp3) is 1.00. The standard InChI is InChI=1S/C14H30O2/c1-6-7-12-16-14(4,5)10-8-9-11-15-13(2)3/h13H,6-12H2,1-5H3. The van der Waals surface area contributed by atoms with Crippen molar-refractivity contribution in [3.8, 4) is 0 Å². The highest BCUT2D eigenvalue weighted by atomic mass is 16.5. The van der Waals surface area contributed by atoms with E-state index in [2.05, 4.69) is 34.6 Å². The van der Waals surface area contributed by atoms with Crippen molar-refractivity contribution in [1.82, 2.24) is 0 Å². The van der Waals surface area contributed by atoms with Gasteiger partial charge < -0.3 is 9.47 Å². The van der Waals surface area contributed by atoms with Gasteiger partial charge in [0.1, 0.15) is 0 Å². The first-order valence-corrected chi connectivity index (χ1v) is 6.73. The van der Waals surface area contributed by atoms with Gasteiger partial charge in [0.15, 0.2) is 0 Å².